The Hall–Kier alpha value is -2.40. The molecular weight excluding hydrogens is 307 g/mol. The first-order chi connectivity index (χ1) is 10.5. The van der Waals surface area contributed by atoms with E-state index < -0.39 is 17.6 Å². The molecule has 0 bridgehead atoms. The fraction of sp³-hybridized carbons (Fsp3) is 0.125. The van der Waals surface area contributed by atoms with Crippen LogP contribution in [0.15, 0.2) is 48.5 Å². The summed E-state index contributed by atoms with van der Waals surface area (Å²) >= 11 is 5.62. The van der Waals surface area contributed by atoms with Gasteiger partial charge in [-0.15, -0.1) is 0 Å². The lowest BCUT2D eigenvalue weighted by molar-refractivity contribution is -0.136. The standard InChI is InChI=1S/C16H14ClFN2O2/c1-10(11-5-3-2-4-6-11)19-15(21)16(22)20-14-8-7-12(17)9-13(14)18/h2-10H,1H3,(H,19,21)(H,20,22)/t10-/m1/s1. The van der Waals surface area contributed by atoms with E-state index in [0.29, 0.717) is 0 Å². The summed E-state index contributed by atoms with van der Waals surface area (Å²) < 4.78 is 13.6. The van der Waals surface area contributed by atoms with Crippen molar-refractivity contribution in [1.82, 2.24) is 5.32 Å². The number of rotatable bonds is 3. The Morgan fingerprint density at radius 2 is 1.77 bits per heavy atom. The maximum atomic E-state index is 13.6. The van der Waals surface area contributed by atoms with E-state index in [1.807, 2.05) is 30.3 Å². The van der Waals surface area contributed by atoms with Crippen LogP contribution in [0.3, 0.4) is 0 Å². The molecule has 6 heteroatoms. The number of carbonyl (C=O) groups is 2. The molecule has 0 radical (unpaired) electrons. The van der Waals surface area contributed by atoms with Crippen molar-refractivity contribution in [2.45, 2.75) is 13.0 Å². The van der Waals surface area contributed by atoms with Crippen LogP contribution in [0.5, 0.6) is 0 Å². The van der Waals surface area contributed by atoms with Gasteiger partial charge in [-0.3, -0.25) is 9.59 Å². The molecule has 114 valence electrons. The molecule has 2 aromatic rings. The lowest BCUT2D eigenvalue weighted by Gasteiger charge is -2.14. The molecule has 2 amide bonds. The molecule has 0 saturated heterocycles. The number of amides is 2. The lowest BCUT2D eigenvalue weighted by atomic mass is 10.1. The molecule has 22 heavy (non-hydrogen) atoms. The van der Waals surface area contributed by atoms with Crippen LogP contribution in [-0.2, 0) is 9.59 Å². The molecule has 0 heterocycles. The van der Waals surface area contributed by atoms with Gasteiger partial charge >= 0.3 is 11.8 Å². The summed E-state index contributed by atoms with van der Waals surface area (Å²) in [5, 5.41) is 4.96. The zero-order valence-corrected chi connectivity index (χ0v) is 12.5. The molecule has 0 saturated carbocycles. The number of benzene rings is 2. The predicted molar refractivity (Wildman–Crippen MR) is 83.0 cm³/mol. The van der Waals surface area contributed by atoms with Gasteiger partial charge in [0.25, 0.3) is 0 Å². The second kappa shape index (κ2) is 7.04. The minimum absolute atomic E-state index is 0.100. The first-order valence-electron chi connectivity index (χ1n) is 6.59. The summed E-state index contributed by atoms with van der Waals surface area (Å²) in [6, 6.07) is 12.6. The number of nitrogens with one attached hydrogen (secondary N) is 2. The Labute approximate surface area is 132 Å². The molecule has 0 aromatic heterocycles. The number of anilines is 1. The predicted octanol–water partition coefficient (Wildman–Crippen LogP) is 3.30. The van der Waals surface area contributed by atoms with Gasteiger partial charge in [-0.2, -0.15) is 0 Å². The normalized spacial score (nSPS) is 11.6. The van der Waals surface area contributed by atoms with Crippen LogP contribution in [0.4, 0.5) is 10.1 Å². The molecule has 0 aliphatic rings. The second-order valence-electron chi connectivity index (χ2n) is 4.68. The van der Waals surface area contributed by atoms with Gasteiger partial charge in [-0.05, 0) is 30.7 Å². The summed E-state index contributed by atoms with van der Waals surface area (Å²) in [6.07, 6.45) is 0. The SMILES string of the molecule is C[C@@H](NC(=O)C(=O)Nc1ccc(Cl)cc1F)c1ccccc1. The van der Waals surface area contributed by atoms with Gasteiger partial charge in [0.2, 0.25) is 0 Å². The van der Waals surface area contributed by atoms with E-state index in [9.17, 15) is 14.0 Å². The van der Waals surface area contributed by atoms with E-state index in [-0.39, 0.29) is 16.8 Å². The minimum Gasteiger partial charge on any atom is -0.341 e. The van der Waals surface area contributed by atoms with Gasteiger partial charge in [0.05, 0.1) is 11.7 Å². The number of hydrogen-bond donors (Lipinski definition) is 2. The van der Waals surface area contributed by atoms with Gasteiger partial charge in [-0.25, -0.2) is 4.39 Å². The molecule has 0 unspecified atom stereocenters. The van der Waals surface area contributed by atoms with Crippen molar-refractivity contribution < 1.29 is 14.0 Å². The number of halogens is 2. The van der Waals surface area contributed by atoms with E-state index >= 15 is 0 Å². The highest BCUT2D eigenvalue weighted by Gasteiger charge is 2.18. The van der Waals surface area contributed by atoms with Gasteiger partial charge < -0.3 is 10.6 Å². The van der Waals surface area contributed by atoms with E-state index in [1.165, 1.54) is 12.1 Å². The fourth-order valence-electron chi connectivity index (χ4n) is 1.86. The van der Waals surface area contributed by atoms with Crippen molar-refractivity contribution in [3.63, 3.8) is 0 Å². The highest BCUT2D eigenvalue weighted by atomic mass is 35.5. The van der Waals surface area contributed by atoms with Crippen molar-refractivity contribution in [2.75, 3.05) is 5.32 Å². The average Bonchev–Trinajstić information content (AvgIpc) is 2.50. The molecule has 0 fully saturated rings. The van der Waals surface area contributed by atoms with E-state index in [4.69, 9.17) is 11.6 Å². The summed E-state index contributed by atoms with van der Waals surface area (Å²) in [5.41, 5.74) is 0.762. The van der Waals surface area contributed by atoms with Crippen molar-refractivity contribution in [3.8, 4) is 0 Å². The quantitative estimate of drug-likeness (QED) is 0.853. The highest BCUT2D eigenvalue weighted by Crippen LogP contribution is 2.19. The Bertz CT molecular complexity index is 692. The summed E-state index contributed by atoms with van der Waals surface area (Å²) in [6.45, 7) is 1.75. The van der Waals surface area contributed by atoms with Gasteiger partial charge in [0, 0.05) is 5.02 Å². The molecule has 2 N–H and O–H groups in total. The Kier molecular flexibility index (Phi) is 5.12. The van der Waals surface area contributed by atoms with Gasteiger partial charge in [-0.1, -0.05) is 41.9 Å². The molecule has 0 aliphatic carbocycles. The Morgan fingerprint density at radius 1 is 1.09 bits per heavy atom. The summed E-state index contributed by atoms with van der Waals surface area (Å²) in [4.78, 5) is 23.6. The van der Waals surface area contributed by atoms with E-state index in [0.717, 1.165) is 11.6 Å². The molecule has 1 atom stereocenters. The van der Waals surface area contributed by atoms with E-state index in [1.54, 1.807) is 6.92 Å². The third-order valence-electron chi connectivity index (χ3n) is 3.03. The number of carbonyl (C=O) groups excluding carboxylic acids is 2. The van der Waals surface area contributed by atoms with Crippen LogP contribution in [0.1, 0.15) is 18.5 Å². The average molecular weight is 321 g/mol. The molecule has 0 spiro atoms. The third kappa shape index (κ3) is 4.05. The summed E-state index contributed by atoms with van der Waals surface area (Å²) in [7, 11) is 0. The lowest BCUT2D eigenvalue weighted by Crippen LogP contribution is -2.37. The second-order valence-corrected chi connectivity index (χ2v) is 5.12. The van der Waals surface area contributed by atoms with E-state index in [2.05, 4.69) is 10.6 Å². The van der Waals surface area contributed by atoms with Gasteiger partial charge in [0.15, 0.2) is 0 Å². The van der Waals surface area contributed by atoms with Crippen LogP contribution in [0, 0.1) is 5.82 Å². The first kappa shape index (κ1) is 16.0. The van der Waals surface area contributed by atoms with Crippen LogP contribution in [-0.4, -0.2) is 11.8 Å². The largest absolute Gasteiger partial charge is 0.341 e. The van der Waals surface area contributed by atoms with Gasteiger partial charge in [0.1, 0.15) is 5.82 Å². The molecule has 4 nitrogen and oxygen atoms in total. The van der Waals surface area contributed by atoms with Crippen LogP contribution >= 0.6 is 11.6 Å². The van der Waals surface area contributed by atoms with Crippen LogP contribution in [0.25, 0.3) is 0 Å². The van der Waals surface area contributed by atoms with Crippen molar-refractivity contribution in [2.24, 2.45) is 0 Å². The zero-order chi connectivity index (χ0) is 16.1. The topological polar surface area (TPSA) is 58.2 Å². The van der Waals surface area contributed by atoms with Crippen LogP contribution < -0.4 is 10.6 Å². The minimum atomic E-state index is -0.941. The summed E-state index contributed by atoms with van der Waals surface area (Å²) in [5.74, 6) is -2.49. The monoisotopic (exact) mass is 320 g/mol. The molecular formula is C16H14ClFN2O2. The number of hydrogen-bond acceptors (Lipinski definition) is 2. The zero-order valence-electron chi connectivity index (χ0n) is 11.8. The Balaban J connectivity index is 1.99. The maximum absolute atomic E-state index is 13.6. The third-order valence-corrected chi connectivity index (χ3v) is 3.27. The highest BCUT2D eigenvalue weighted by molar-refractivity contribution is 6.39. The maximum Gasteiger partial charge on any atom is 0.313 e. The first-order valence-corrected chi connectivity index (χ1v) is 6.97. The van der Waals surface area contributed by atoms with Crippen molar-refractivity contribution >= 4 is 29.1 Å². The van der Waals surface area contributed by atoms with Crippen molar-refractivity contribution in [1.29, 1.82) is 0 Å². The molecule has 2 aromatic carbocycles. The Morgan fingerprint density at radius 3 is 2.41 bits per heavy atom. The molecule has 2 rings (SSSR count). The molecule has 0 aliphatic heterocycles. The smallest absolute Gasteiger partial charge is 0.313 e. The fourth-order valence-corrected chi connectivity index (χ4v) is 2.02. The van der Waals surface area contributed by atoms with Crippen LogP contribution in [0.2, 0.25) is 5.02 Å². The van der Waals surface area contributed by atoms with Crippen molar-refractivity contribution in [3.05, 3.63) is 64.9 Å².